The van der Waals surface area contributed by atoms with Gasteiger partial charge in [0, 0.05) is 17.6 Å². The second-order valence-electron chi connectivity index (χ2n) is 7.37. The van der Waals surface area contributed by atoms with E-state index in [1.54, 1.807) is 11.1 Å². The fraction of sp³-hybridized carbons (Fsp3) is 0.364. The van der Waals surface area contributed by atoms with E-state index in [1.807, 2.05) is 42.5 Å². The largest absolute Gasteiger partial charge is 0.467 e. The highest BCUT2D eigenvalue weighted by atomic mass is 16.5. The SMILES string of the molecule is COC(=O)[C@@H]1CC[C@@H]2CC=CC[C@H](NC(=O)c3nccc4ccccc34)C(=O)N21. The van der Waals surface area contributed by atoms with E-state index >= 15 is 0 Å². The van der Waals surface area contributed by atoms with Crippen LogP contribution in [0, 0.1) is 0 Å². The second-order valence-corrected chi connectivity index (χ2v) is 7.37. The van der Waals surface area contributed by atoms with Crippen molar-refractivity contribution in [3.05, 3.63) is 54.4 Å². The third-order valence-electron chi connectivity index (χ3n) is 5.67. The number of amides is 2. The minimum atomic E-state index is -0.757. The smallest absolute Gasteiger partial charge is 0.328 e. The lowest BCUT2D eigenvalue weighted by atomic mass is 10.0. The lowest BCUT2D eigenvalue weighted by Crippen LogP contribution is -2.54. The molecule has 2 aliphatic rings. The van der Waals surface area contributed by atoms with Crippen molar-refractivity contribution in [3.63, 3.8) is 0 Å². The molecule has 1 fully saturated rings. The molecular weight excluding hydrogens is 370 g/mol. The van der Waals surface area contributed by atoms with Crippen molar-refractivity contribution in [2.45, 2.75) is 43.8 Å². The van der Waals surface area contributed by atoms with E-state index in [-0.39, 0.29) is 17.6 Å². The molecule has 1 saturated heterocycles. The number of hydrogen-bond donors (Lipinski definition) is 1. The standard InChI is InChI=1S/C22H23N3O4/c1-29-22(28)18-11-10-15-7-3-5-9-17(21(27)25(15)18)24-20(26)19-16-8-4-2-6-14(16)12-13-23-19/h2-6,8,12-13,15,17-18H,7,9-11H2,1H3,(H,24,26)/t15-,17-,18-/m0/s1. The number of hydrogen-bond acceptors (Lipinski definition) is 5. The summed E-state index contributed by atoms with van der Waals surface area (Å²) in [6, 6.07) is 7.91. The zero-order valence-corrected chi connectivity index (χ0v) is 16.2. The van der Waals surface area contributed by atoms with E-state index in [0.717, 1.165) is 17.2 Å². The van der Waals surface area contributed by atoms with Crippen molar-refractivity contribution in [1.29, 1.82) is 0 Å². The number of nitrogens with one attached hydrogen (secondary N) is 1. The number of benzene rings is 1. The van der Waals surface area contributed by atoms with E-state index in [2.05, 4.69) is 10.3 Å². The molecule has 3 atom stereocenters. The quantitative estimate of drug-likeness (QED) is 0.638. The molecule has 0 radical (unpaired) electrons. The molecule has 2 amide bonds. The Morgan fingerprint density at radius 3 is 2.76 bits per heavy atom. The molecule has 0 saturated carbocycles. The van der Waals surface area contributed by atoms with Gasteiger partial charge in [0.05, 0.1) is 7.11 Å². The lowest BCUT2D eigenvalue weighted by molar-refractivity contribution is -0.153. The van der Waals surface area contributed by atoms with Gasteiger partial charge < -0.3 is 15.0 Å². The molecule has 7 heteroatoms. The summed E-state index contributed by atoms with van der Waals surface area (Å²) in [6.07, 6.45) is 7.89. The van der Waals surface area contributed by atoms with Crippen molar-refractivity contribution >= 4 is 28.6 Å². The Hall–Kier alpha value is -3.22. The lowest BCUT2D eigenvalue weighted by Gasteiger charge is -2.33. The van der Waals surface area contributed by atoms with Crippen LogP contribution in [-0.4, -0.2) is 52.9 Å². The van der Waals surface area contributed by atoms with Crippen LogP contribution in [0.5, 0.6) is 0 Å². The fourth-order valence-corrected chi connectivity index (χ4v) is 4.23. The summed E-state index contributed by atoms with van der Waals surface area (Å²) in [5.74, 6) is -1.06. The molecule has 1 aromatic heterocycles. The molecule has 29 heavy (non-hydrogen) atoms. The number of esters is 1. The van der Waals surface area contributed by atoms with Gasteiger partial charge in [0.1, 0.15) is 17.8 Å². The van der Waals surface area contributed by atoms with Gasteiger partial charge in [-0.25, -0.2) is 4.79 Å². The molecule has 3 heterocycles. The summed E-state index contributed by atoms with van der Waals surface area (Å²) >= 11 is 0. The Labute approximate surface area is 168 Å². The Bertz CT molecular complexity index is 982. The maximum atomic E-state index is 13.3. The van der Waals surface area contributed by atoms with E-state index in [9.17, 15) is 14.4 Å². The summed E-state index contributed by atoms with van der Waals surface area (Å²) < 4.78 is 4.89. The predicted molar refractivity (Wildman–Crippen MR) is 107 cm³/mol. The van der Waals surface area contributed by atoms with Crippen LogP contribution in [0.25, 0.3) is 10.8 Å². The molecule has 0 bridgehead atoms. The first-order chi connectivity index (χ1) is 14.1. The molecule has 7 nitrogen and oxygen atoms in total. The van der Waals surface area contributed by atoms with E-state index in [0.29, 0.717) is 19.3 Å². The number of carbonyl (C=O) groups is 3. The van der Waals surface area contributed by atoms with Crippen molar-refractivity contribution in [1.82, 2.24) is 15.2 Å². The van der Waals surface area contributed by atoms with E-state index in [4.69, 9.17) is 4.74 Å². The fourth-order valence-electron chi connectivity index (χ4n) is 4.23. The van der Waals surface area contributed by atoms with Crippen LogP contribution in [0.15, 0.2) is 48.7 Å². The van der Waals surface area contributed by atoms with Gasteiger partial charge in [-0.15, -0.1) is 0 Å². The maximum absolute atomic E-state index is 13.3. The Morgan fingerprint density at radius 2 is 1.93 bits per heavy atom. The molecule has 0 aliphatic carbocycles. The van der Waals surface area contributed by atoms with Gasteiger partial charge in [-0.3, -0.25) is 14.6 Å². The normalized spacial score (nSPS) is 24.0. The first kappa shape index (κ1) is 19.1. The maximum Gasteiger partial charge on any atom is 0.328 e. The molecule has 2 aromatic rings. The highest BCUT2D eigenvalue weighted by Gasteiger charge is 2.43. The van der Waals surface area contributed by atoms with Crippen LogP contribution in [0.1, 0.15) is 36.2 Å². The summed E-state index contributed by atoms with van der Waals surface area (Å²) in [6.45, 7) is 0. The molecular formula is C22H23N3O4. The van der Waals surface area contributed by atoms with Gasteiger partial charge >= 0.3 is 5.97 Å². The topological polar surface area (TPSA) is 88.6 Å². The second kappa shape index (κ2) is 8.03. The zero-order chi connectivity index (χ0) is 20.4. The number of fused-ring (bicyclic) bond motifs is 2. The molecule has 4 rings (SSSR count). The average molecular weight is 393 g/mol. The molecule has 150 valence electrons. The summed E-state index contributed by atoms with van der Waals surface area (Å²) in [7, 11) is 1.33. The third kappa shape index (κ3) is 3.60. The van der Waals surface area contributed by atoms with Crippen LogP contribution >= 0.6 is 0 Å². The minimum absolute atomic E-state index is 0.0572. The van der Waals surface area contributed by atoms with Crippen molar-refractivity contribution in [2.24, 2.45) is 0 Å². The summed E-state index contributed by atoms with van der Waals surface area (Å²) in [4.78, 5) is 44.3. The average Bonchev–Trinajstić information content (AvgIpc) is 3.16. The number of ether oxygens (including phenoxy) is 1. The van der Waals surface area contributed by atoms with Crippen molar-refractivity contribution in [3.8, 4) is 0 Å². The van der Waals surface area contributed by atoms with Gasteiger partial charge in [-0.2, -0.15) is 0 Å². The molecule has 1 aromatic carbocycles. The highest BCUT2D eigenvalue weighted by Crippen LogP contribution is 2.30. The van der Waals surface area contributed by atoms with Crippen LogP contribution in [0.4, 0.5) is 0 Å². The number of nitrogens with zero attached hydrogens (tertiary/aromatic N) is 2. The van der Waals surface area contributed by atoms with Gasteiger partial charge in [0.2, 0.25) is 5.91 Å². The predicted octanol–water partition coefficient (Wildman–Crippen LogP) is 2.22. The Balaban J connectivity index is 1.61. The summed E-state index contributed by atoms with van der Waals surface area (Å²) in [5.41, 5.74) is 0.282. The highest BCUT2D eigenvalue weighted by molar-refractivity contribution is 6.06. The van der Waals surface area contributed by atoms with Crippen molar-refractivity contribution < 1.29 is 19.1 Å². The first-order valence-corrected chi connectivity index (χ1v) is 9.79. The van der Waals surface area contributed by atoms with Crippen LogP contribution < -0.4 is 5.32 Å². The van der Waals surface area contributed by atoms with Gasteiger partial charge in [0.25, 0.3) is 5.91 Å². The molecule has 2 aliphatic heterocycles. The monoisotopic (exact) mass is 393 g/mol. The van der Waals surface area contributed by atoms with E-state index < -0.39 is 24.0 Å². The number of pyridine rings is 1. The molecule has 1 N–H and O–H groups in total. The number of carbonyl (C=O) groups excluding carboxylic acids is 3. The first-order valence-electron chi connectivity index (χ1n) is 9.79. The Morgan fingerprint density at radius 1 is 1.14 bits per heavy atom. The van der Waals surface area contributed by atoms with Gasteiger partial charge in [-0.05, 0) is 37.1 Å². The third-order valence-corrected chi connectivity index (χ3v) is 5.67. The number of rotatable bonds is 3. The van der Waals surface area contributed by atoms with Crippen LogP contribution in [0.3, 0.4) is 0 Å². The number of aromatic nitrogens is 1. The van der Waals surface area contributed by atoms with E-state index in [1.165, 1.54) is 7.11 Å². The molecule has 0 spiro atoms. The minimum Gasteiger partial charge on any atom is -0.467 e. The van der Waals surface area contributed by atoms with Gasteiger partial charge in [0.15, 0.2) is 0 Å². The van der Waals surface area contributed by atoms with Crippen molar-refractivity contribution in [2.75, 3.05) is 7.11 Å². The number of methoxy groups -OCH3 is 1. The summed E-state index contributed by atoms with van der Waals surface area (Å²) in [5, 5.41) is 4.47. The van der Waals surface area contributed by atoms with Gasteiger partial charge in [-0.1, -0.05) is 36.4 Å². The zero-order valence-electron chi connectivity index (χ0n) is 16.2. The van der Waals surface area contributed by atoms with Crippen LogP contribution in [-0.2, 0) is 14.3 Å². The molecule has 0 unspecified atom stereocenters. The van der Waals surface area contributed by atoms with Crippen LogP contribution in [0.2, 0.25) is 0 Å². The Kier molecular flexibility index (Phi) is 5.29.